The van der Waals surface area contributed by atoms with Crippen molar-refractivity contribution in [3.05, 3.63) is 0 Å². The summed E-state index contributed by atoms with van der Waals surface area (Å²) in [6.45, 7) is 2.52. The van der Waals surface area contributed by atoms with Gasteiger partial charge in [0.05, 0.1) is 12.1 Å². The molecule has 2 aliphatic rings. The lowest BCUT2D eigenvalue weighted by atomic mass is 10.1. The first-order chi connectivity index (χ1) is 9.19. The number of rotatable bonds is 5. The number of aliphatic hydroxyl groups is 1. The molecule has 108 valence electrons. The molecule has 7 heteroatoms. The molecule has 0 radical (unpaired) electrons. The maximum atomic E-state index is 10.8. The van der Waals surface area contributed by atoms with Crippen LogP contribution in [0, 0.1) is 0 Å². The zero-order valence-corrected chi connectivity index (χ0v) is 11.8. The van der Waals surface area contributed by atoms with Gasteiger partial charge in [0.1, 0.15) is 12.0 Å². The van der Waals surface area contributed by atoms with Crippen LogP contribution < -0.4 is 5.32 Å². The van der Waals surface area contributed by atoms with E-state index in [-0.39, 0.29) is 30.2 Å². The lowest BCUT2D eigenvalue weighted by Gasteiger charge is -2.30. The average molecular weight is 288 g/mol. The van der Waals surface area contributed by atoms with E-state index in [4.69, 9.17) is 14.6 Å². The summed E-state index contributed by atoms with van der Waals surface area (Å²) >= 11 is 1.58. The normalized spacial score (nSPS) is 31.9. The van der Waals surface area contributed by atoms with Crippen LogP contribution in [0.3, 0.4) is 0 Å². The molecule has 0 saturated carbocycles. The van der Waals surface area contributed by atoms with Gasteiger partial charge in [-0.15, -0.1) is 0 Å². The third kappa shape index (κ3) is 4.36. The molecule has 0 aliphatic carbocycles. The smallest absolute Gasteiger partial charge is 0.302 e. The maximum Gasteiger partial charge on any atom is 0.302 e. The summed E-state index contributed by atoms with van der Waals surface area (Å²) in [5.74, 6) is -0.269. The summed E-state index contributed by atoms with van der Waals surface area (Å²) < 4.78 is 10.9. The Kier molecular flexibility index (Phi) is 5.47. The molecular formula is C12H20N2O4S. The number of hydrogen-bond acceptors (Lipinski definition) is 6. The Morgan fingerprint density at radius 1 is 1.63 bits per heavy atom. The molecule has 0 unspecified atom stereocenters. The minimum atomic E-state index is -0.269. The first-order valence-electron chi connectivity index (χ1n) is 6.56. The number of aliphatic imine (C=N–C) groups is 1. The van der Waals surface area contributed by atoms with E-state index in [1.54, 1.807) is 11.8 Å². The minimum Gasteiger partial charge on any atom is -0.463 e. The maximum absolute atomic E-state index is 10.8. The Hall–Kier alpha value is -0.790. The highest BCUT2D eigenvalue weighted by Crippen LogP contribution is 2.33. The van der Waals surface area contributed by atoms with E-state index in [1.807, 2.05) is 0 Å². The molecule has 0 bridgehead atoms. The fraction of sp³-hybridized carbons (Fsp3) is 0.833. The van der Waals surface area contributed by atoms with Crippen molar-refractivity contribution in [1.82, 2.24) is 5.32 Å². The van der Waals surface area contributed by atoms with Crippen LogP contribution >= 0.6 is 11.8 Å². The van der Waals surface area contributed by atoms with E-state index in [0.29, 0.717) is 19.6 Å². The number of esters is 1. The number of thioether (sulfide) groups is 1. The fourth-order valence-electron chi connectivity index (χ4n) is 2.07. The van der Waals surface area contributed by atoms with Crippen molar-refractivity contribution in [3.63, 3.8) is 0 Å². The molecule has 6 nitrogen and oxygen atoms in total. The first-order valence-corrected chi connectivity index (χ1v) is 7.44. The molecule has 2 saturated heterocycles. The summed E-state index contributed by atoms with van der Waals surface area (Å²) in [5, 5.41) is 12.9. The Labute approximate surface area is 116 Å². The van der Waals surface area contributed by atoms with E-state index in [0.717, 1.165) is 18.0 Å². The Bertz CT molecular complexity index is 351. The number of hydrogen-bond donors (Lipinski definition) is 2. The molecular weight excluding hydrogens is 268 g/mol. The van der Waals surface area contributed by atoms with Gasteiger partial charge in [0.15, 0.2) is 5.17 Å². The van der Waals surface area contributed by atoms with Crippen molar-refractivity contribution in [3.8, 4) is 0 Å². The van der Waals surface area contributed by atoms with Crippen LogP contribution in [0.5, 0.6) is 0 Å². The van der Waals surface area contributed by atoms with Gasteiger partial charge in [0, 0.05) is 20.1 Å². The monoisotopic (exact) mass is 288 g/mol. The first kappa shape index (κ1) is 14.6. The predicted octanol–water partition coefficient (Wildman–Crippen LogP) is 0.498. The number of nitrogens with zero attached hydrogens (tertiary/aromatic N) is 1. The molecule has 0 amide bonds. The van der Waals surface area contributed by atoms with Crippen LogP contribution in [0.4, 0.5) is 0 Å². The molecule has 2 aliphatic heterocycles. The van der Waals surface area contributed by atoms with Crippen LogP contribution in [0.2, 0.25) is 0 Å². The molecule has 2 fully saturated rings. The van der Waals surface area contributed by atoms with Gasteiger partial charge in [0.2, 0.25) is 0 Å². The number of fused-ring (bicyclic) bond motifs is 1. The van der Waals surface area contributed by atoms with Crippen LogP contribution in [-0.2, 0) is 14.3 Å². The Balaban J connectivity index is 1.78. The third-order valence-corrected chi connectivity index (χ3v) is 4.18. The van der Waals surface area contributed by atoms with Crippen molar-refractivity contribution in [2.24, 2.45) is 4.99 Å². The lowest BCUT2D eigenvalue weighted by molar-refractivity contribution is -0.147. The summed E-state index contributed by atoms with van der Waals surface area (Å²) in [7, 11) is 0. The molecule has 19 heavy (non-hydrogen) atoms. The molecule has 0 aromatic rings. The second kappa shape index (κ2) is 7.12. The van der Waals surface area contributed by atoms with Gasteiger partial charge < -0.3 is 19.9 Å². The van der Waals surface area contributed by atoms with Gasteiger partial charge >= 0.3 is 5.97 Å². The van der Waals surface area contributed by atoms with Gasteiger partial charge in [-0.05, 0) is 19.3 Å². The molecule has 0 aromatic carbocycles. The van der Waals surface area contributed by atoms with Crippen LogP contribution in [0.15, 0.2) is 4.99 Å². The van der Waals surface area contributed by atoms with Gasteiger partial charge in [-0.3, -0.25) is 9.79 Å². The molecule has 0 spiro atoms. The number of amidine groups is 1. The molecule has 0 aromatic heterocycles. The quantitative estimate of drug-likeness (QED) is 0.566. The number of nitrogens with one attached hydrogen (secondary N) is 1. The van der Waals surface area contributed by atoms with Gasteiger partial charge in [0.25, 0.3) is 0 Å². The number of ether oxygens (including phenoxy) is 2. The Morgan fingerprint density at radius 3 is 3.21 bits per heavy atom. The lowest BCUT2D eigenvalue weighted by Crippen LogP contribution is -2.41. The van der Waals surface area contributed by atoms with Gasteiger partial charge in [-0.2, -0.15) is 0 Å². The van der Waals surface area contributed by atoms with Gasteiger partial charge in [-0.25, -0.2) is 0 Å². The van der Waals surface area contributed by atoms with E-state index in [1.165, 1.54) is 6.92 Å². The summed E-state index contributed by atoms with van der Waals surface area (Å²) in [6.07, 6.45) is 2.53. The fourth-order valence-corrected chi connectivity index (χ4v) is 3.26. The van der Waals surface area contributed by atoms with Crippen LogP contribution in [0.25, 0.3) is 0 Å². The highest BCUT2D eigenvalue weighted by atomic mass is 32.2. The number of carbonyl (C=O) groups excluding carboxylic acids is 1. The number of aliphatic hydroxyl groups excluding tert-OH is 1. The zero-order valence-electron chi connectivity index (χ0n) is 11.0. The zero-order chi connectivity index (χ0) is 13.7. The molecule has 3 atom stereocenters. The van der Waals surface area contributed by atoms with Gasteiger partial charge in [-0.1, -0.05) is 11.8 Å². The predicted molar refractivity (Wildman–Crippen MR) is 73.0 cm³/mol. The average Bonchev–Trinajstić information content (AvgIpc) is 2.78. The molecule has 2 rings (SSSR count). The highest BCUT2D eigenvalue weighted by Gasteiger charge is 2.38. The second-order valence-electron chi connectivity index (χ2n) is 4.64. The van der Waals surface area contributed by atoms with Crippen LogP contribution in [0.1, 0.15) is 26.2 Å². The summed E-state index contributed by atoms with van der Waals surface area (Å²) in [4.78, 5) is 15.2. The van der Waals surface area contributed by atoms with Crippen molar-refractivity contribution in [1.29, 1.82) is 0 Å². The van der Waals surface area contributed by atoms with Crippen molar-refractivity contribution in [2.45, 2.75) is 43.8 Å². The Morgan fingerprint density at radius 2 is 2.47 bits per heavy atom. The number of carbonyl (C=O) groups is 1. The minimum absolute atomic E-state index is 0.0174. The van der Waals surface area contributed by atoms with E-state index in [9.17, 15) is 4.79 Å². The van der Waals surface area contributed by atoms with E-state index < -0.39 is 0 Å². The third-order valence-electron chi connectivity index (χ3n) is 3.04. The topological polar surface area (TPSA) is 80.2 Å². The highest BCUT2D eigenvalue weighted by molar-refractivity contribution is 8.14. The standard InChI is InChI=1S/C12H20N2O4S/c1-8(16)17-7-9-3-4-10-11(18-9)19-12(14-10)13-5-2-6-15/h9-11,15H,2-7H2,1H3,(H,13,14)/t9-,10-,11-/m1/s1. The van der Waals surface area contributed by atoms with Crippen molar-refractivity contribution < 1.29 is 19.4 Å². The summed E-state index contributed by atoms with van der Waals surface area (Å²) in [6, 6.07) is 0.284. The largest absolute Gasteiger partial charge is 0.463 e. The second-order valence-corrected chi connectivity index (χ2v) is 5.73. The molecule has 2 N–H and O–H groups in total. The van der Waals surface area contributed by atoms with Crippen LogP contribution in [-0.4, -0.2) is 53.6 Å². The molecule has 2 heterocycles. The van der Waals surface area contributed by atoms with Crippen molar-refractivity contribution in [2.75, 3.05) is 19.8 Å². The van der Waals surface area contributed by atoms with E-state index in [2.05, 4.69) is 10.3 Å². The SMILES string of the molecule is CC(=O)OC[C@H]1CC[C@H]2NC(=NCCCO)S[C@H]2O1. The summed E-state index contributed by atoms with van der Waals surface area (Å²) in [5.41, 5.74) is 0.0437. The van der Waals surface area contributed by atoms with Crippen molar-refractivity contribution >= 4 is 22.9 Å². The van der Waals surface area contributed by atoms with E-state index >= 15 is 0 Å².